The Kier molecular flexibility index (Phi) is 8.34. The molecule has 2 heterocycles. The van der Waals surface area contributed by atoms with Crippen LogP contribution in [-0.4, -0.2) is 82.5 Å². The number of benzene rings is 3. The molecule has 1 aliphatic rings. The van der Waals surface area contributed by atoms with Crippen LogP contribution in [0.3, 0.4) is 0 Å². The third-order valence-corrected chi connectivity index (χ3v) is 8.76. The molecule has 4 aromatic rings. The lowest BCUT2D eigenvalue weighted by molar-refractivity contribution is -0.383. The molecule has 0 saturated heterocycles. The second kappa shape index (κ2) is 11.8. The number of hydrazine groups is 1. The second-order valence-electron chi connectivity index (χ2n) is 10.4. The predicted molar refractivity (Wildman–Crippen MR) is 165 cm³/mol. The fraction of sp³-hybridized carbons (Fsp3) is 0.259. The summed E-state index contributed by atoms with van der Waals surface area (Å²) in [6.07, 6.45) is 0. The number of carbonyl (C=O) groups excluding carboxylic acids is 2. The van der Waals surface area contributed by atoms with E-state index in [0.29, 0.717) is 29.0 Å². The van der Waals surface area contributed by atoms with Crippen molar-refractivity contribution in [2.75, 3.05) is 44.6 Å². The highest BCUT2D eigenvalue weighted by atomic mass is 35.5. The molecule has 0 spiro atoms. The van der Waals surface area contributed by atoms with Crippen molar-refractivity contribution in [1.82, 2.24) is 20.1 Å². The minimum atomic E-state index is -4.22. The number of ether oxygens (including phenoxy) is 1. The molecule has 1 aromatic heterocycles. The van der Waals surface area contributed by atoms with Gasteiger partial charge in [-0.3, -0.25) is 25.1 Å². The minimum Gasteiger partial charge on any atom is -0.492 e. The van der Waals surface area contributed by atoms with Crippen LogP contribution in [0.1, 0.15) is 22.0 Å². The lowest BCUT2D eigenvalue weighted by Crippen LogP contribution is -2.40. The van der Waals surface area contributed by atoms with Gasteiger partial charge in [-0.1, -0.05) is 6.07 Å². The van der Waals surface area contributed by atoms with Crippen molar-refractivity contribution < 1.29 is 27.7 Å². The fourth-order valence-electron chi connectivity index (χ4n) is 5.10. The molecule has 3 N–H and O–H groups in total. The Hall–Kier alpha value is -4.18. The number of non-ortho nitro benzene ring substituents is 1. The van der Waals surface area contributed by atoms with Crippen molar-refractivity contribution in [2.24, 2.45) is 0 Å². The zero-order chi connectivity index (χ0) is 31.1. The molecule has 224 valence electrons. The van der Waals surface area contributed by atoms with Crippen molar-refractivity contribution in [1.29, 1.82) is 0 Å². The first-order valence-corrected chi connectivity index (χ1v) is 15.2. The Labute approximate surface area is 252 Å². The van der Waals surface area contributed by atoms with Crippen LogP contribution in [0.2, 0.25) is 0 Å². The summed E-state index contributed by atoms with van der Waals surface area (Å²) in [4.78, 5) is 44.8. The van der Waals surface area contributed by atoms with Crippen LogP contribution in [0.15, 0.2) is 53.4 Å². The van der Waals surface area contributed by atoms with Gasteiger partial charge in [0.15, 0.2) is 5.81 Å². The Morgan fingerprint density at radius 3 is 2.63 bits per heavy atom. The summed E-state index contributed by atoms with van der Waals surface area (Å²) >= 11 is 6.33. The van der Waals surface area contributed by atoms with Gasteiger partial charge in [0.05, 0.1) is 20.9 Å². The molecule has 0 aliphatic carbocycles. The van der Waals surface area contributed by atoms with E-state index in [1.807, 2.05) is 47.5 Å². The van der Waals surface area contributed by atoms with Crippen LogP contribution < -0.4 is 19.9 Å². The number of alkyl halides is 1. The van der Waals surface area contributed by atoms with Crippen LogP contribution >= 0.6 is 11.6 Å². The van der Waals surface area contributed by atoms with Crippen LogP contribution in [0.4, 0.5) is 16.2 Å². The number of carbonyl (C=O) groups is 2. The largest absolute Gasteiger partial charge is 0.492 e. The minimum absolute atomic E-state index is 0.0614. The van der Waals surface area contributed by atoms with Gasteiger partial charge >= 0.3 is 0 Å². The van der Waals surface area contributed by atoms with Crippen molar-refractivity contribution in [3.63, 3.8) is 0 Å². The number of aromatic nitrogens is 1. The number of anilines is 1. The first kappa shape index (κ1) is 30.3. The number of nitro groups is 1. The molecule has 43 heavy (non-hydrogen) atoms. The number of aromatic amines is 1. The van der Waals surface area contributed by atoms with E-state index in [1.165, 1.54) is 29.2 Å². The summed E-state index contributed by atoms with van der Waals surface area (Å²) in [6.45, 7) is 1.42. The molecule has 5 rings (SSSR count). The molecule has 3 aromatic carbocycles. The summed E-state index contributed by atoms with van der Waals surface area (Å²) in [7, 11) is 0.819. The second-order valence-corrected chi connectivity index (χ2v) is 12.4. The van der Waals surface area contributed by atoms with Gasteiger partial charge in [-0.25, -0.2) is 8.42 Å². The van der Waals surface area contributed by atoms with E-state index >= 15 is 0 Å². The molecule has 16 heteroatoms. The fourth-order valence-corrected chi connectivity index (χ4v) is 6.27. The first-order chi connectivity index (χ1) is 20.4. The van der Waals surface area contributed by atoms with E-state index in [4.69, 9.17) is 16.3 Å². The molecule has 0 radical (unpaired) electrons. The maximum atomic E-state index is 13.8. The zero-order valence-corrected chi connectivity index (χ0v) is 25.1. The number of likely N-dealkylation sites (N-methyl/N-ethyl adjacent to an activating group) is 1. The van der Waals surface area contributed by atoms with Crippen molar-refractivity contribution in [3.8, 4) is 5.75 Å². The smallest absolute Gasteiger partial charge is 0.279 e. The summed E-state index contributed by atoms with van der Waals surface area (Å²) in [5.41, 5.74) is 3.57. The molecular weight excluding hydrogens is 599 g/mol. The number of amides is 2. The number of rotatable bonds is 10. The van der Waals surface area contributed by atoms with Crippen molar-refractivity contribution >= 4 is 74.2 Å². The molecule has 2 amide bonds. The Balaban J connectivity index is 1.54. The van der Waals surface area contributed by atoms with Gasteiger partial charge in [-0.2, -0.15) is 0 Å². The van der Waals surface area contributed by atoms with E-state index in [1.54, 1.807) is 6.07 Å². The summed E-state index contributed by atoms with van der Waals surface area (Å²) in [6, 6.07) is 12.4. The van der Waals surface area contributed by atoms with Crippen LogP contribution in [0.25, 0.3) is 21.7 Å². The molecule has 0 bridgehead atoms. The number of hydrogen-bond acceptors (Lipinski definition) is 8. The van der Waals surface area contributed by atoms with Gasteiger partial charge in [0.2, 0.25) is 7.85 Å². The lowest BCUT2D eigenvalue weighted by Gasteiger charge is -2.17. The molecule has 0 fully saturated rings. The van der Waals surface area contributed by atoms with Crippen LogP contribution in [0, 0.1) is 10.1 Å². The highest BCUT2D eigenvalue weighted by Crippen LogP contribution is 2.46. The standard InChI is InChI=1S/C27H28BClN6O7S/c1-33(2)7-8-42-17-3-6-21-15(9-17)10-22(30-21)26(36)34-14-16(13-29)25-19-5-4-18(43(40,41)32-31-27(28)37)11-20(19)23(35(38)39)12-24(25)34/h3-6,9-12,16,30,32H,7-8,13-14,28H2,1-2H3,(H,31,37). The van der Waals surface area contributed by atoms with E-state index in [0.717, 1.165) is 25.3 Å². The zero-order valence-electron chi connectivity index (χ0n) is 23.5. The molecule has 0 saturated carbocycles. The number of nitrogens with one attached hydrogen (secondary N) is 3. The first-order valence-electron chi connectivity index (χ1n) is 13.2. The number of nitro benzene ring substituents is 1. The summed E-state index contributed by atoms with van der Waals surface area (Å²) < 4.78 is 31.2. The van der Waals surface area contributed by atoms with Gasteiger partial charge in [0, 0.05) is 41.9 Å². The Morgan fingerprint density at radius 2 is 1.95 bits per heavy atom. The number of hydrogen-bond donors (Lipinski definition) is 3. The molecular formula is C27H28BClN6O7S. The van der Waals surface area contributed by atoms with Gasteiger partial charge in [0.25, 0.3) is 21.6 Å². The van der Waals surface area contributed by atoms with E-state index < -0.39 is 26.7 Å². The number of halogens is 1. The monoisotopic (exact) mass is 626 g/mol. The third kappa shape index (κ3) is 6.02. The number of nitrogens with zero attached hydrogens (tertiary/aromatic N) is 3. The van der Waals surface area contributed by atoms with E-state index in [2.05, 4.69) is 4.98 Å². The third-order valence-electron chi connectivity index (χ3n) is 7.14. The average molecular weight is 627 g/mol. The van der Waals surface area contributed by atoms with Crippen LogP contribution in [-0.2, 0) is 10.0 Å². The number of H-pyrrole nitrogens is 1. The Bertz CT molecular complexity index is 1880. The Morgan fingerprint density at radius 1 is 1.19 bits per heavy atom. The lowest BCUT2D eigenvalue weighted by atomic mass is 9.95. The molecule has 1 atom stereocenters. The quantitative estimate of drug-likeness (QED) is 0.105. The van der Waals surface area contributed by atoms with Gasteiger partial charge in [-0.15, -0.1) is 16.4 Å². The van der Waals surface area contributed by atoms with E-state index in [9.17, 15) is 28.1 Å². The van der Waals surface area contributed by atoms with Crippen molar-refractivity contribution in [3.05, 3.63) is 69.9 Å². The van der Waals surface area contributed by atoms with Crippen LogP contribution in [0.5, 0.6) is 5.75 Å². The maximum absolute atomic E-state index is 13.8. The predicted octanol–water partition coefficient (Wildman–Crippen LogP) is 2.69. The maximum Gasteiger partial charge on any atom is 0.279 e. The topological polar surface area (TPSA) is 167 Å². The van der Waals surface area contributed by atoms with Gasteiger partial charge in [-0.05, 0) is 61.4 Å². The number of sulfonamides is 1. The van der Waals surface area contributed by atoms with Gasteiger partial charge in [0.1, 0.15) is 18.1 Å². The average Bonchev–Trinajstić information content (AvgIpc) is 3.56. The SMILES string of the molecule is BC(=O)NNS(=O)(=O)c1ccc2c3c(cc([N+](=O)[O-])c2c1)N(C(=O)c1cc2cc(OCCN(C)C)ccc2[nH]1)CC3CCl. The molecule has 1 unspecified atom stereocenters. The normalized spacial score (nSPS) is 14.8. The molecule has 13 nitrogen and oxygen atoms in total. The highest BCUT2D eigenvalue weighted by Gasteiger charge is 2.37. The van der Waals surface area contributed by atoms with E-state index in [-0.39, 0.29) is 40.0 Å². The summed E-state index contributed by atoms with van der Waals surface area (Å²) in [5.74, 6) is -0.616. The van der Waals surface area contributed by atoms with Crippen molar-refractivity contribution in [2.45, 2.75) is 10.8 Å². The highest BCUT2D eigenvalue weighted by molar-refractivity contribution is 7.89. The van der Waals surface area contributed by atoms with Gasteiger partial charge < -0.3 is 19.5 Å². The molecule has 1 aliphatic heterocycles. The summed E-state index contributed by atoms with van der Waals surface area (Å²) in [5, 5.41) is 13.4. The number of fused-ring (bicyclic) bond motifs is 4.